The van der Waals surface area contributed by atoms with Gasteiger partial charge in [-0.3, -0.25) is 4.79 Å². The molecular weight excluding hydrogens is 308 g/mol. The fourth-order valence-electron chi connectivity index (χ4n) is 3.08. The van der Waals surface area contributed by atoms with Gasteiger partial charge in [-0.15, -0.1) is 0 Å². The maximum Gasteiger partial charge on any atom is 0.177 e. The number of hydrogen-bond acceptors (Lipinski definition) is 5. The summed E-state index contributed by atoms with van der Waals surface area (Å²) in [6, 6.07) is 10.9. The molecule has 0 spiro atoms. The molecule has 0 amide bonds. The Kier molecular flexibility index (Phi) is 3.41. The molecule has 2 heterocycles. The molecule has 1 aliphatic rings. The van der Waals surface area contributed by atoms with Crippen LogP contribution in [0.15, 0.2) is 47.1 Å². The Morgan fingerprint density at radius 3 is 2.75 bits per heavy atom. The van der Waals surface area contributed by atoms with Crippen molar-refractivity contribution in [2.75, 3.05) is 20.8 Å². The van der Waals surface area contributed by atoms with Crippen LogP contribution >= 0.6 is 0 Å². The highest BCUT2D eigenvalue weighted by Gasteiger charge is 2.32. The molecular formula is C19H16O5. The van der Waals surface area contributed by atoms with Crippen molar-refractivity contribution in [1.82, 2.24) is 0 Å². The smallest absolute Gasteiger partial charge is 0.177 e. The topological polar surface area (TPSA) is 57.9 Å². The molecule has 0 unspecified atom stereocenters. The van der Waals surface area contributed by atoms with E-state index in [1.807, 2.05) is 24.3 Å². The Morgan fingerprint density at radius 1 is 1.08 bits per heavy atom. The number of ketones is 1. The van der Waals surface area contributed by atoms with E-state index in [-0.39, 0.29) is 12.4 Å². The van der Waals surface area contributed by atoms with Crippen LogP contribution in [0.2, 0.25) is 0 Å². The summed E-state index contributed by atoms with van der Waals surface area (Å²) in [4.78, 5) is 13.0. The number of carbonyl (C=O) groups is 1. The average Bonchev–Trinajstić information content (AvgIpc) is 3.07. The lowest BCUT2D eigenvalue weighted by atomic mass is 9.88. The lowest BCUT2D eigenvalue weighted by Gasteiger charge is -2.25. The third-order valence-electron chi connectivity index (χ3n) is 4.36. The first kappa shape index (κ1) is 14.6. The third-order valence-corrected chi connectivity index (χ3v) is 4.36. The minimum atomic E-state index is -0.414. The summed E-state index contributed by atoms with van der Waals surface area (Å²) in [6.07, 6.45) is 1.60. The maximum absolute atomic E-state index is 13.0. The van der Waals surface area contributed by atoms with Gasteiger partial charge >= 0.3 is 0 Å². The highest BCUT2D eigenvalue weighted by Crippen LogP contribution is 2.39. The number of Topliss-reactive ketones (excluding diaryl/α,β-unsaturated/α-hetero) is 1. The lowest BCUT2D eigenvalue weighted by molar-refractivity contribution is 0.0894. The van der Waals surface area contributed by atoms with Gasteiger partial charge in [0.2, 0.25) is 0 Å². The minimum absolute atomic E-state index is 0.0165. The zero-order valence-corrected chi connectivity index (χ0v) is 13.4. The molecule has 5 heteroatoms. The molecule has 24 heavy (non-hydrogen) atoms. The minimum Gasteiger partial charge on any atom is -0.497 e. The second kappa shape index (κ2) is 5.60. The quantitative estimate of drug-likeness (QED) is 0.733. The summed E-state index contributed by atoms with van der Waals surface area (Å²) in [5, 5.41) is 0.882. The number of benzene rings is 2. The van der Waals surface area contributed by atoms with Crippen molar-refractivity contribution in [1.29, 1.82) is 0 Å². The van der Waals surface area contributed by atoms with Crippen LogP contribution in [-0.4, -0.2) is 26.6 Å². The van der Waals surface area contributed by atoms with E-state index >= 15 is 0 Å². The van der Waals surface area contributed by atoms with Gasteiger partial charge in [0.25, 0.3) is 0 Å². The molecule has 0 saturated carbocycles. The number of fused-ring (bicyclic) bond motifs is 2. The number of rotatable bonds is 3. The van der Waals surface area contributed by atoms with E-state index in [4.69, 9.17) is 18.6 Å². The monoisotopic (exact) mass is 324 g/mol. The largest absolute Gasteiger partial charge is 0.497 e. The van der Waals surface area contributed by atoms with Crippen molar-refractivity contribution < 1.29 is 23.4 Å². The van der Waals surface area contributed by atoms with Crippen LogP contribution in [0.4, 0.5) is 0 Å². The summed E-state index contributed by atoms with van der Waals surface area (Å²) in [5.74, 6) is 1.46. The summed E-state index contributed by atoms with van der Waals surface area (Å²) < 4.78 is 21.8. The molecule has 3 aromatic rings. The molecule has 0 saturated heterocycles. The Bertz CT molecular complexity index is 925. The molecule has 0 radical (unpaired) electrons. The summed E-state index contributed by atoms with van der Waals surface area (Å²) >= 11 is 0. The lowest BCUT2D eigenvalue weighted by Crippen LogP contribution is -2.26. The van der Waals surface area contributed by atoms with Crippen molar-refractivity contribution in [3.63, 3.8) is 0 Å². The van der Waals surface area contributed by atoms with Gasteiger partial charge in [-0.25, -0.2) is 0 Å². The van der Waals surface area contributed by atoms with E-state index in [2.05, 4.69) is 0 Å². The Hall–Kier alpha value is -2.95. The normalized spacial score (nSPS) is 16.6. The van der Waals surface area contributed by atoms with Crippen molar-refractivity contribution in [2.45, 2.75) is 5.92 Å². The molecule has 1 aromatic heterocycles. The first-order valence-corrected chi connectivity index (χ1v) is 7.61. The van der Waals surface area contributed by atoms with E-state index in [1.165, 1.54) is 0 Å². The second-order valence-corrected chi connectivity index (χ2v) is 5.64. The van der Waals surface area contributed by atoms with Crippen molar-refractivity contribution in [3.8, 4) is 17.2 Å². The second-order valence-electron chi connectivity index (χ2n) is 5.64. The number of furan rings is 1. The van der Waals surface area contributed by atoms with E-state index in [0.29, 0.717) is 28.4 Å². The molecule has 0 aliphatic carbocycles. The van der Waals surface area contributed by atoms with Crippen LogP contribution in [0, 0.1) is 0 Å². The number of ether oxygens (including phenoxy) is 3. The number of hydrogen-bond donors (Lipinski definition) is 0. The zero-order chi connectivity index (χ0) is 16.7. The van der Waals surface area contributed by atoms with Crippen LogP contribution in [0.3, 0.4) is 0 Å². The molecule has 122 valence electrons. The first-order chi connectivity index (χ1) is 11.7. The predicted molar refractivity (Wildman–Crippen MR) is 88.3 cm³/mol. The van der Waals surface area contributed by atoms with Crippen LogP contribution in [0.25, 0.3) is 11.0 Å². The van der Waals surface area contributed by atoms with Gasteiger partial charge in [-0.1, -0.05) is 6.07 Å². The number of carbonyl (C=O) groups excluding carboxylic acids is 1. The van der Waals surface area contributed by atoms with Gasteiger partial charge in [0, 0.05) is 23.1 Å². The molecule has 2 aromatic carbocycles. The van der Waals surface area contributed by atoms with Gasteiger partial charge in [-0.05, 0) is 18.2 Å². The Balaban J connectivity index is 1.77. The van der Waals surface area contributed by atoms with Crippen molar-refractivity contribution in [3.05, 3.63) is 53.8 Å². The number of methoxy groups -OCH3 is 2. The van der Waals surface area contributed by atoms with Gasteiger partial charge in [-0.2, -0.15) is 0 Å². The van der Waals surface area contributed by atoms with Crippen LogP contribution in [-0.2, 0) is 0 Å². The van der Waals surface area contributed by atoms with Gasteiger partial charge in [0.15, 0.2) is 5.78 Å². The fraction of sp³-hybridized carbons (Fsp3) is 0.211. The molecule has 0 bridgehead atoms. The highest BCUT2D eigenvalue weighted by atomic mass is 16.5. The molecule has 5 nitrogen and oxygen atoms in total. The van der Waals surface area contributed by atoms with Gasteiger partial charge in [0.05, 0.1) is 32.0 Å². The van der Waals surface area contributed by atoms with E-state index in [1.54, 1.807) is 32.6 Å². The first-order valence-electron chi connectivity index (χ1n) is 7.61. The molecule has 1 aliphatic heterocycles. The van der Waals surface area contributed by atoms with Gasteiger partial charge < -0.3 is 18.6 Å². The van der Waals surface area contributed by atoms with Crippen molar-refractivity contribution >= 4 is 16.8 Å². The van der Waals surface area contributed by atoms with Crippen LogP contribution in [0.1, 0.15) is 21.8 Å². The van der Waals surface area contributed by atoms with Crippen molar-refractivity contribution in [2.24, 2.45) is 0 Å². The Labute approximate surface area is 138 Å². The summed E-state index contributed by atoms with van der Waals surface area (Å²) in [6.45, 7) is 0.265. The van der Waals surface area contributed by atoms with Crippen LogP contribution in [0.5, 0.6) is 17.2 Å². The highest BCUT2D eigenvalue weighted by molar-refractivity contribution is 6.07. The fourth-order valence-corrected chi connectivity index (χ4v) is 3.08. The molecule has 0 fully saturated rings. The zero-order valence-electron chi connectivity index (χ0n) is 13.4. The SMILES string of the molecule is COc1ccc([C@H]2COc3cc4occc4cc3C2=O)c(OC)c1. The van der Waals surface area contributed by atoms with E-state index in [9.17, 15) is 4.79 Å². The molecule has 1 atom stereocenters. The van der Waals surface area contributed by atoms with E-state index < -0.39 is 5.92 Å². The molecule has 0 N–H and O–H groups in total. The van der Waals surface area contributed by atoms with Gasteiger partial charge in [0.1, 0.15) is 29.4 Å². The predicted octanol–water partition coefficient (Wildman–Crippen LogP) is 3.81. The third kappa shape index (κ3) is 2.21. The van der Waals surface area contributed by atoms with E-state index in [0.717, 1.165) is 10.9 Å². The molecule has 4 rings (SSSR count). The maximum atomic E-state index is 13.0. The Morgan fingerprint density at radius 2 is 1.96 bits per heavy atom. The summed E-state index contributed by atoms with van der Waals surface area (Å²) in [5.41, 5.74) is 2.07. The standard InChI is InChI=1S/C19H16O5/c1-21-12-3-4-13(17(8-12)22-2)15-10-24-18-9-16-11(5-6-23-16)7-14(18)19(15)20/h3-9,15H,10H2,1-2H3/t15-/m1/s1. The summed E-state index contributed by atoms with van der Waals surface area (Å²) in [7, 11) is 3.17. The average molecular weight is 324 g/mol. The van der Waals surface area contributed by atoms with Crippen LogP contribution < -0.4 is 14.2 Å².